The summed E-state index contributed by atoms with van der Waals surface area (Å²) in [5.41, 5.74) is 5.46. The van der Waals surface area contributed by atoms with E-state index in [1.165, 1.54) is 11.8 Å². The van der Waals surface area contributed by atoms with Gasteiger partial charge in [0.25, 0.3) is 5.91 Å². The summed E-state index contributed by atoms with van der Waals surface area (Å²) in [4.78, 5) is 17.5. The average molecular weight is 435 g/mol. The average Bonchev–Trinajstić information content (AvgIpc) is 3.39. The topological polar surface area (TPSA) is 82.2 Å². The van der Waals surface area contributed by atoms with Crippen LogP contribution in [0.5, 0.6) is 0 Å². The normalized spacial score (nSPS) is 10.9. The smallest absolute Gasteiger partial charge is 0.254 e. The van der Waals surface area contributed by atoms with Crippen molar-refractivity contribution in [2.24, 2.45) is 0 Å². The van der Waals surface area contributed by atoms with Crippen LogP contribution in [0.1, 0.15) is 16.9 Å². The summed E-state index contributed by atoms with van der Waals surface area (Å²) in [6.45, 7) is 2.79. The number of aromatic nitrogens is 3. The number of aryl methyl sites for hydroxylation is 1. The lowest BCUT2D eigenvalue weighted by atomic mass is 10.2. The highest BCUT2D eigenvalue weighted by atomic mass is 32.2. The van der Waals surface area contributed by atoms with Gasteiger partial charge in [-0.1, -0.05) is 72.4 Å². The number of nitrogens with zero attached hydrogens (tertiary/aromatic N) is 3. The third kappa shape index (κ3) is 5.42. The Morgan fingerprint density at radius 2 is 1.74 bits per heavy atom. The van der Waals surface area contributed by atoms with Gasteiger partial charge < -0.3 is 4.42 Å². The summed E-state index contributed by atoms with van der Waals surface area (Å²) in [6, 6.07) is 21.6. The van der Waals surface area contributed by atoms with E-state index in [0.717, 1.165) is 22.5 Å². The number of hydrogen-bond acceptors (Lipinski definition) is 6. The van der Waals surface area contributed by atoms with Crippen LogP contribution in [0.25, 0.3) is 11.4 Å². The molecule has 0 atom stereocenters. The van der Waals surface area contributed by atoms with Crippen LogP contribution in [0, 0.1) is 6.92 Å². The number of thioether (sulfide) groups is 1. The van der Waals surface area contributed by atoms with Crippen LogP contribution >= 0.6 is 11.8 Å². The van der Waals surface area contributed by atoms with Crippen LogP contribution in [0.4, 0.5) is 0 Å². The van der Waals surface area contributed by atoms with Crippen LogP contribution in [0.2, 0.25) is 0 Å². The van der Waals surface area contributed by atoms with Gasteiger partial charge in [0.2, 0.25) is 0 Å². The van der Waals surface area contributed by atoms with E-state index in [4.69, 9.17) is 9.25 Å². The molecule has 8 heteroatoms. The fraction of sp³-hybridized carbons (Fsp3) is 0.174. The van der Waals surface area contributed by atoms with E-state index >= 15 is 0 Å². The molecule has 0 aliphatic rings. The lowest BCUT2D eigenvalue weighted by Gasteiger charge is -2.10. The Morgan fingerprint density at radius 3 is 2.42 bits per heavy atom. The molecule has 4 aromatic rings. The zero-order valence-corrected chi connectivity index (χ0v) is 17.8. The molecule has 31 heavy (non-hydrogen) atoms. The number of nitrogens with one attached hydrogen (secondary N) is 1. The molecule has 2 aromatic carbocycles. The van der Waals surface area contributed by atoms with Crippen molar-refractivity contribution in [3.05, 3.63) is 89.9 Å². The van der Waals surface area contributed by atoms with Crippen LogP contribution < -0.4 is 5.48 Å². The zero-order chi connectivity index (χ0) is 21.5. The minimum absolute atomic E-state index is 0.159. The van der Waals surface area contributed by atoms with E-state index in [-0.39, 0.29) is 11.7 Å². The molecule has 0 aliphatic carbocycles. The molecule has 1 N–H and O–H groups in total. The number of benzene rings is 2. The van der Waals surface area contributed by atoms with Gasteiger partial charge in [0.15, 0.2) is 11.0 Å². The monoisotopic (exact) mass is 434 g/mol. The summed E-state index contributed by atoms with van der Waals surface area (Å²) in [5.74, 6) is 1.39. The van der Waals surface area contributed by atoms with Crippen molar-refractivity contribution in [1.82, 2.24) is 20.2 Å². The highest BCUT2D eigenvalue weighted by molar-refractivity contribution is 7.99. The maximum Gasteiger partial charge on any atom is 0.254 e. The molecule has 0 aliphatic heterocycles. The van der Waals surface area contributed by atoms with Gasteiger partial charge in [-0.05, 0) is 24.1 Å². The van der Waals surface area contributed by atoms with E-state index in [9.17, 15) is 4.79 Å². The fourth-order valence-corrected chi connectivity index (χ4v) is 3.78. The first-order valence-corrected chi connectivity index (χ1v) is 10.8. The Balaban J connectivity index is 1.43. The Morgan fingerprint density at radius 1 is 1.03 bits per heavy atom. The van der Waals surface area contributed by atoms with Crippen LogP contribution in [-0.2, 0) is 22.8 Å². The molecule has 0 saturated heterocycles. The second kappa shape index (κ2) is 10.1. The summed E-state index contributed by atoms with van der Waals surface area (Å²) in [6.07, 6.45) is 1.64. The predicted molar refractivity (Wildman–Crippen MR) is 118 cm³/mol. The fourth-order valence-electron chi connectivity index (χ4n) is 3.05. The maximum absolute atomic E-state index is 12.2. The summed E-state index contributed by atoms with van der Waals surface area (Å²) < 4.78 is 7.44. The van der Waals surface area contributed by atoms with Crippen molar-refractivity contribution in [3.8, 4) is 11.4 Å². The van der Waals surface area contributed by atoms with Gasteiger partial charge >= 0.3 is 0 Å². The van der Waals surface area contributed by atoms with Crippen molar-refractivity contribution in [3.63, 3.8) is 0 Å². The largest absolute Gasteiger partial charge is 0.469 e. The first kappa shape index (κ1) is 20.9. The Bertz CT molecular complexity index is 1130. The molecule has 1 amide bonds. The molecule has 158 valence electrons. The second-order valence-electron chi connectivity index (χ2n) is 6.86. The van der Waals surface area contributed by atoms with Crippen molar-refractivity contribution in [2.45, 2.75) is 25.2 Å². The lowest BCUT2D eigenvalue weighted by molar-refractivity contribution is -0.131. The van der Waals surface area contributed by atoms with E-state index < -0.39 is 0 Å². The van der Waals surface area contributed by atoms with Crippen molar-refractivity contribution in [2.75, 3.05) is 5.75 Å². The molecule has 0 radical (unpaired) electrons. The number of hydrogen-bond donors (Lipinski definition) is 1. The predicted octanol–water partition coefficient (Wildman–Crippen LogP) is 4.23. The molecule has 2 aromatic heterocycles. The molecule has 0 bridgehead atoms. The minimum Gasteiger partial charge on any atom is -0.469 e. The maximum atomic E-state index is 12.2. The van der Waals surface area contributed by atoms with Crippen molar-refractivity contribution >= 4 is 17.7 Å². The molecule has 4 rings (SSSR count). The van der Waals surface area contributed by atoms with E-state index in [2.05, 4.69) is 15.7 Å². The Hall–Kier alpha value is -3.36. The summed E-state index contributed by atoms with van der Waals surface area (Å²) in [5, 5.41) is 9.34. The highest BCUT2D eigenvalue weighted by Crippen LogP contribution is 2.27. The van der Waals surface area contributed by atoms with Gasteiger partial charge in [0.05, 0.1) is 30.7 Å². The summed E-state index contributed by atoms with van der Waals surface area (Å²) in [7, 11) is 0. The van der Waals surface area contributed by atoms with Gasteiger partial charge in [0.1, 0.15) is 5.76 Å². The molecular formula is C23H22N4O3S. The Labute approximate surface area is 184 Å². The van der Waals surface area contributed by atoms with Gasteiger partial charge in [-0.25, -0.2) is 5.48 Å². The Kier molecular flexibility index (Phi) is 6.81. The van der Waals surface area contributed by atoms with Gasteiger partial charge in [-0.15, -0.1) is 10.2 Å². The second-order valence-corrected chi connectivity index (χ2v) is 7.80. The first-order chi connectivity index (χ1) is 15.2. The van der Waals surface area contributed by atoms with E-state index in [0.29, 0.717) is 24.1 Å². The number of hydroxylamine groups is 1. The van der Waals surface area contributed by atoms with Gasteiger partial charge in [-0.2, -0.15) is 0 Å². The van der Waals surface area contributed by atoms with Crippen molar-refractivity contribution in [1.29, 1.82) is 0 Å². The summed E-state index contributed by atoms with van der Waals surface area (Å²) >= 11 is 1.31. The van der Waals surface area contributed by atoms with E-state index in [1.54, 1.807) is 6.26 Å². The van der Waals surface area contributed by atoms with Crippen molar-refractivity contribution < 1.29 is 14.0 Å². The number of carbonyl (C=O) groups excluding carboxylic acids is 1. The first-order valence-electron chi connectivity index (χ1n) is 9.79. The molecule has 0 fully saturated rings. The molecule has 7 nitrogen and oxygen atoms in total. The third-order valence-electron chi connectivity index (χ3n) is 4.60. The molecule has 0 saturated carbocycles. The van der Waals surface area contributed by atoms with Crippen LogP contribution in [0.3, 0.4) is 0 Å². The molecular weight excluding hydrogens is 412 g/mol. The SMILES string of the molecule is Cc1occc1-c1nnc(SCC(=O)NOCc2ccccc2)n1Cc1ccccc1. The minimum atomic E-state index is -0.240. The highest BCUT2D eigenvalue weighted by Gasteiger charge is 2.18. The molecule has 0 unspecified atom stereocenters. The van der Waals surface area contributed by atoms with Crippen LogP contribution in [0.15, 0.2) is 82.6 Å². The van der Waals surface area contributed by atoms with Gasteiger partial charge in [0, 0.05) is 0 Å². The van der Waals surface area contributed by atoms with Gasteiger partial charge in [-0.3, -0.25) is 14.2 Å². The van der Waals surface area contributed by atoms with Crippen LogP contribution in [-0.4, -0.2) is 26.4 Å². The number of rotatable bonds is 9. The third-order valence-corrected chi connectivity index (χ3v) is 5.57. The quantitative estimate of drug-likeness (QED) is 0.314. The zero-order valence-electron chi connectivity index (χ0n) is 17.0. The molecule has 2 heterocycles. The molecule has 0 spiro atoms. The lowest BCUT2D eigenvalue weighted by Crippen LogP contribution is -2.25. The number of amides is 1. The number of carbonyl (C=O) groups is 1. The number of furan rings is 1. The van der Waals surface area contributed by atoms with E-state index in [1.807, 2.05) is 78.2 Å². The standard InChI is InChI=1S/C23H22N4O3S/c1-17-20(12-13-29-17)22-24-25-23(27(22)14-18-8-4-2-5-9-18)31-16-21(28)26-30-15-19-10-6-3-7-11-19/h2-13H,14-16H2,1H3,(H,26,28).